The first-order valence-corrected chi connectivity index (χ1v) is 7.68. The molecule has 1 heterocycles. The SMILES string of the molecule is COc1ccc(C(=O)OCC(=O)N(C)Cc2ccc(OC)c(F)c2)cn1. The molecule has 26 heavy (non-hydrogen) atoms. The van der Waals surface area contributed by atoms with E-state index in [1.807, 2.05) is 0 Å². The van der Waals surface area contributed by atoms with Crippen LogP contribution in [0.2, 0.25) is 0 Å². The minimum atomic E-state index is -0.669. The third-order valence-corrected chi connectivity index (χ3v) is 3.57. The van der Waals surface area contributed by atoms with Gasteiger partial charge >= 0.3 is 5.97 Å². The number of aromatic nitrogens is 1. The molecule has 0 saturated heterocycles. The van der Waals surface area contributed by atoms with Gasteiger partial charge in [0.2, 0.25) is 5.88 Å². The summed E-state index contributed by atoms with van der Waals surface area (Å²) in [5.41, 5.74) is 0.795. The first kappa shape index (κ1) is 19.2. The van der Waals surface area contributed by atoms with Crippen molar-refractivity contribution < 1.29 is 28.2 Å². The highest BCUT2D eigenvalue weighted by molar-refractivity contribution is 5.91. The number of carbonyl (C=O) groups is 2. The number of hydrogen-bond donors (Lipinski definition) is 0. The van der Waals surface area contributed by atoms with E-state index >= 15 is 0 Å². The molecule has 0 saturated carbocycles. The van der Waals surface area contributed by atoms with Gasteiger partial charge in [0.15, 0.2) is 18.2 Å². The van der Waals surface area contributed by atoms with Crippen LogP contribution in [0.1, 0.15) is 15.9 Å². The number of nitrogens with zero attached hydrogens (tertiary/aromatic N) is 2. The molecule has 1 amide bonds. The summed E-state index contributed by atoms with van der Waals surface area (Å²) in [5.74, 6) is -1.11. The zero-order chi connectivity index (χ0) is 19.1. The van der Waals surface area contributed by atoms with Gasteiger partial charge in [0.25, 0.3) is 5.91 Å². The number of rotatable bonds is 7. The van der Waals surface area contributed by atoms with Crippen molar-refractivity contribution in [3.63, 3.8) is 0 Å². The Bertz CT molecular complexity index is 780. The maximum absolute atomic E-state index is 13.7. The third-order valence-electron chi connectivity index (χ3n) is 3.57. The van der Waals surface area contributed by atoms with E-state index in [4.69, 9.17) is 14.2 Å². The number of carbonyl (C=O) groups excluding carboxylic acids is 2. The molecule has 2 rings (SSSR count). The van der Waals surface area contributed by atoms with Crippen molar-refractivity contribution in [2.24, 2.45) is 0 Å². The Balaban J connectivity index is 1.88. The highest BCUT2D eigenvalue weighted by atomic mass is 19.1. The van der Waals surface area contributed by atoms with Crippen molar-refractivity contribution in [2.75, 3.05) is 27.9 Å². The highest BCUT2D eigenvalue weighted by Crippen LogP contribution is 2.18. The molecule has 2 aromatic rings. The lowest BCUT2D eigenvalue weighted by Crippen LogP contribution is -2.30. The van der Waals surface area contributed by atoms with Crippen LogP contribution in [0.3, 0.4) is 0 Å². The fraction of sp³-hybridized carbons (Fsp3) is 0.278. The second kappa shape index (κ2) is 8.80. The van der Waals surface area contributed by atoms with Crippen molar-refractivity contribution in [1.82, 2.24) is 9.88 Å². The molecule has 0 aliphatic carbocycles. The molecule has 0 N–H and O–H groups in total. The van der Waals surface area contributed by atoms with Gasteiger partial charge in [0.1, 0.15) is 0 Å². The zero-order valence-corrected chi connectivity index (χ0v) is 14.7. The standard InChI is InChI=1S/C18H19FN2O5/c1-21(10-12-4-6-15(24-2)14(19)8-12)17(22)11-26-18(23)13-5-7-16(25-3)20-9-13/h4-9H,10-11H2,1-3H3. The topological polar surface area (TPSA) is 78.0 Å². The Morgan fingerprint density at radius 2 is 1.92 bits per heavy atom. The molecular weight excluding hydrogens is 343 g/mol. The van der Waals surface area contributed by atoms with E-state index in [-0.39, 0.29) is 17.9 Å². The quantitative estimate of drug-likeness (QED) is 0.702. The molecule has 0 aliphatic heterocycles. The molecule has 0 radical (unpaired) electrons. The van der Waals surface area contributed by atoms with Gasteiger partial charge in [-0.25, -0.2) is 14.2 Å². The van der Waals surface area contributed by atoms with Crippen LogP contribution >= 0.6 is 0 Å². The number of halogens is 1. The van der Waals surface area contributed by atoms with E-state index in [0.29, 0.717) is 11.4 Å². The van der Waals surface area contributed by atoms with Gasteiger partial charge in [-0.05, 0) is 23.8 Å². The molecule has 1 aromatic carbocycles. The summed E-state index contributed by atoms with van der Waals surface area (Å²) in [6.45, 7) is -0.263. The number of amides is 1. The number of pyridine rings is 1. The summed E-state index contributed by atoms with van der Waals surface area (Å²) in [6.07, 6.45) is 1.30. The van der Waals surface area contributed by atoms with E-state index in [1.165, 1.54) is 56.6 Å². The Kier molecular flexibility index (Phi) is 6.48. The van der Waals surface area contributed by atoms with Crippen LogP contribution in [0.5, 0.6) is 11.6 Å². The van der Waals surface area contributed by atoms with Crippen molar-refractivity contribution >= 4 is 11.9 Å². The van der Waals surface area contributed by atoms with Crippen LogP contribution in [0.15, 0.2) is 36.5 Å². The van der Waals surface area contributed by atoms with Crippen molar-refractivity contribution in [2.45, 2.75) is 6.54 Å². The number of ether oxygens (including phenoxy) is 3. The Morgan fingerprint density at radius 1 is 1.15 bits per heavy atom. The third kappa shape index (κ3) is 4.92. The normalized spacial score (nSPS) is 10.2. The number of esters is 1. The van der Waals surface area contributed by atoms with Crippen LogP contribution < -0.4 is 9.47 Å². The molecule has 0 aliphatic rings. The minimum absolute atomic E-state index is 0.129. The van der Waals surface area contributed by atoms with E-state index in [1.54, 1.807) is 6.07 Å². The lowest BCUT2D eigenvalue weighted by molar-refractivity contribution is -0.133. The fourth-order valence-corrected chi connectivity index (χ4v) is 2.11. The molecule has 1 aromatic heterocycles. The average molecular weight is 362 g/mol. The summed E-state index contributed by atoms with van der Waals surface area (Å²) < 4.78 is 28.4. The monoisotopic (exact) mass is 362 g/mol. The minimum Gasteiger partial charge on any atom is -0.494 e. The predicted octanol–water partition coefficient (Wildman–Crippen LogP) is 2.05. The molecule has 0 unspecified atom stereocenters. The van der Waals surface area contributed by atoms with Crippen molar-refractivity contribution in [3.05, 3.63) is 53.5 Å². The summed E-state index contributed by atoms with van der Waals surface area (Å²) in [7, 11) is 4.37. The van der Waals surface area contributed by atoms with Crippen molar-refractivity contribution in [1.29, 1.82) is 0 Å². The number of methoxy groups -OCH3 is 2. The lowest BCUT2D eigenvalue weighted by Gasteiger charge is -2.17. The number of benzene rings is 1. The maximum atomic E-state index is 13.7. The van der Waals surface area contributed by atoms with Gasteiger partial charge in [0, 0.05) is 25.9 Å². The Morgan fingerprint density at radius 3 is 2.50 bits per heavy atom. The van der Waals surface area contributed by atoms with Crippen molar-refractivity contribution in [3.8, 4) is 11.6 Å². The second-order valence-electron chi connectivity index (χ2n) is 5.38. The predicted molar refractivity (Wildman–Crippen MR) is 90.5 cm³/mol. The Hall–Kier alpha value is -3.16. The van der Waals surface area contributed by atoms with Crippen LogP contribution in [0, 0.1) is 5.82 Å². The second-order valence-corrected chi connectivity index (χ2v) is 5.38. The van der Waals surface area contributed by atoms with Gasteiger partial charge in [-0.1, -0.05) is 6.07 Å². The van der Waals surface area contributed by atoms with E-state index in [2.05, 4.69) is 4.98 Å². The molecule has 7 nitrogen and oxygen atoms in total. The molecule has 0 atom stereocenters. The van der Waals surface area contributed by atoms with Gasteiger partial charge < -0.3 is 19.1 Å². The van der Waals surface area contributed by atoms with E-state index in [9.17, 15) is 14.0 Å². The summed E-state index contributed by atoms with van der Waals surface area (Å²) in [4.78, 5) is 29.2. The van der Waals surface area contributed by atoms with Crippen LogP contribution in [-0.4, -0.2) is 49.6 Å². The molecular formula is C18H19FN2O5. The molecule has 0 bridgehead atoms. The fourth-order valence-electron chi connectivity index (χ4n) is 2.11. The smallest absolute Gasteiger partial charge is 0.340 e. The van der Waals surface area contributed by atoms with Gasteiger partial charge in [-0.15, -0.1) is 0 Å². The average Bonchev–Trinajstić information content (AvgIpc) is 2.66. The Labute approximate surface area is 150 Å². The number of likely N-dealkylation sites (N-methyl/N-ethyl adjacent to an activating group) is 1. The molecule has 0 fully saturated rings. The van der Waals surface area contributed by atoms with Gasteiger partial charge in [0.05, 0.1) is 19.8 Å². The summed E-state index contributed by atoms with van der Waals surface area (Å²) in [5, 5.41) is 0. The molecule has 0 spiro atoms. The van der Waals surface area contributed by atoms with Gasteiger partial charge in [-0.2, -0.15) is 0 Å². The maximum Gasteiger partial charge on any atom is 0.340 e. The van der Waals surface area contributed by atoms with Crippen LogP contribution in [0.4, 0.5) is 4.39 Å². The molecule has 8 heteroatoms. The summed E-state index contributed by atoms with van der Waals surface area (Å²) >= 11 is 0. The highest BCUT2D eigenvalue weighted by Gasteiger charge is 2.15. The zero-order valence-electron chi connectivity index (χ0n) is 14.7. The van der Waals surface area contributed by atoms with Gasteiger partial charge in [-0.3, -0.25) is 4.79 Å². The molecule has 138 valence electrons. The summed E-state index contributed by atoms with van der Waals surface area (Å²) in [6, 6.07) is 7.43. The first-order chi connectivity index (χ1) is 12.4. The lowest BCUT2D eigenvalue weighted by atomic mass is 10.2. The van der Waals surface area contributed by atoms with E-state index < -0.39 is 24.3 Å². The number of hydrogen-bond acceptors (Lipinski definition) is 6. The van der Waals surface area contributed by atoms with Crippen LogP contribution in [0.25, 0.3) is 0 Å². The first-order valence-electron chi connectivity index (χ1n) is 7.68. The van der Waals surface area contributed by atoms with Crippen LogP contribution in [-0.2, 0) is 16.1 Å². The van der Waals surface area contributed by atoms with E-state index in [0.717, 1.165) is 0 Å². The largest absolute Gasteiger partial charge is 0.494 e.